The van der Waals surface area contributed by atoms with Crippen LogP contribution >= 0.6 is 0 Å². The van der Waals surface area contributed by atoms with Crippen molar-refractivity contribution in [3.63, 3.8) is 0 Å². The lowest BCUT2D eigenvalue weighted by Crippen LogP contribution is -2.28. The van der Waals surface area contributed by atoms with E-state index >= 15 is 0 Å². The summed E-state index contributed by atoms with van der Waals surface area (Å²) in [7, 11) is 0. The number of allylic oxidation sites excluding steroid dienone is 26. The number of hydrogen-bond acceptors (Lipinski definition) is 5. The second-order valence-corrected chi connectivity index (χ2v) is 20.0. The minimum atomic E-state index is -0.790. The average molecular weight is 1050 g/mol. The third kappa shape index (κ3) is 62.1. The smallest absolute Gasteiger partial charge is 0.306 e. The van der Waals surface area contributed by atoms with Crippen LogP contribution in [0.4, 0.5) is 0 Å². The molecule has 1 atom stereocenters. The molecule has 76 heavy (non-hydrogen) atoms. The summed E-state index contributed by atoms with van der Waals surface area (Å²) in [6.45, 7) is 3.91. The highest BCUT2D eigenvalue weighted by Crippen LogP contribution is 2.15. The molecule has 0 aliphatic rings. The van der Waals surface area contributed by atoms with E-state index in [9.17, 15) is 14.7 Å². The van der Waals surface area contributed by atoms with Crippen LogP contribution in [-0.2, 0) is 19.1 Å². The Balaban J connectivity index is 3.57. The molecule has 0 fully saturated rings. The maximum Gasteiger partial charge on any atom is 0.306 e. The van der Waals surface area contributed by atoms with Gasteiger partial charge in [-0.05, 0) is 122 Å². The molecule has 0 amide bonds. The van der Waals surface area contributed by atoms with E-state index in [0.29, 0.717) is 12.8 Å². The van der Waals surface area contributed by atoms with Crippen molar-refractivity contribution < 1.29 is 24.2 Å². The van der Waals surface area contributed by atoms with E-state index in [1.54, 1.807) is 0 Å². The van der Waals surface area contributed by atoms with Crippen molar-refractivity contribution in [2.45, 2.75) is 264 Å². The first-order valence-corrected chi connectivity index (χ1v) is 31.0. The monoisotopic (exact) mass is 1050 g/mol. The van der Waals surface area contributed by atoms with Gasteiger partial charge in [0.2, 0.25) is 0 Å². The lowest BCUT2D eigenvalue weighted by Gasteiger charge is -2.15. The topological polar surface area (TPSA) is 72.8 Å². The standard InChI is InChI=1S/C71H114O5/c1-3-5-7-9-11-13-15-17-19-21-23-25-27-29-31-33-34-35-36-38-40-42-44-46-48-50-52-54-56-58-60-62-64-66-71(74)76-69(67-72)68-75-70(73)65-63-61-59-57-55-53-51-49-47-45-43-41-39-37-32-30-28-26-24-22-20-18-16-14-12-10-8-6-4-2/h5-8,11-14,17-20,23-26,29-32,34-35,38,40,44,46,69,72H,3-4,9-10,15-16,21-22,27-28,33,36-37,39,41-43,45,47-68H2,1-2H3/b7-5-,8-6-,13-11-,14-12-,19-17-,20-18-,25-23-,26-24-,31-29-,32-30-,35-34-,40-38-,46-44-. The Kier molecular flexibility index (Phi) is 61.0. The van der Waals surface area contributed by atoms with Crippen LogP contribution in [-0.4, -0.2) is 36.4 Å². The Hall–Kier alpha value is -4.48. The van der Waals surface area contributed by atoms with Gasteiger partial charge in [-0.2, -0.15) is 0 Å². The molecular formula is C71H114O5. The molecule has 0 aliphatic heterocycles. The number of carbonyl (C=O) groups is 2. The van der Waals surface area contributed by atoms with Gasteiger partial charge in [0.1, 0.15) is 6.61 Å². The lowest BCUT2D eigenvalue weighted by molar-refractivity contribution is -0.161. The average Bonchev–Trinajstić information content (AvgIpc) is 3.42. The summed E-state index contributed by atoms with van der Waals surface area (Å²) in [5.74, 6) is -0.607. The van der Waals surface area contributed by atoms with Gasteiger partial charge < -0.3 is 14.6 Å². The first-order valence-electron chi connectivity index (χ1n) is 31.0. The molecule has 0 bridgehead atoms. The summed E-state index contributed by atoms with van der Waals surface area (Å²) in [4.78, 5) is 24.6. The minimum absolute atomic E-state index is 0.0786. The molecule has 5 nitrogen and oxygen atoms in total. The van der Waals surface area contributed by atoms with Crippen molar-refractivity contribution >= 4 is 11.9 Å². The maximum absolute atomic E-state index is 12.3. The van der Waals surface area contributed by atoms with Crippen molar-refractivity contribution in [1.29, 1.82) is 0 Å². The molecule has 0 aromatic heterocycles. The van der Waals surface area contributed by atoms with Crippen molar-refractivity contribution in [1.82, 2.24) is 0 Å². The van der Waals surface area contributed by atoms with Gasteiger partial charge in [-0.15, -0.1) is 0 Å². The first-order chi connectivity index (χ1) is 37.6. The largest absolute Gasteiger partial charge is 0.462 e. The SMILES string of the molecule is CC/C=C\C/C=C\C/C=C\C/C=C\C/C=C\C/C=C\C/C=C\C/C=C\CCCCCCCCCCC(=O)OC(CO)COC(=O)CCCCCCCCCCCCCCC/C=C\C/C=C\C/C=C\C/C=C\C/C=C\CC. The van der Waals surface area contributed by atoms with Gasteiger partial charge in [0, 0.05) is 12.8 Å². The fourth-order valence-electron chi connectivity index (χ4n) is 8.25. The van der Waals surface area contributed by atoms with Crippen molar-refractivity contribution in [2.24, 2.45) is 0 Å². The number of unbranched alkanes of at least 4 members (excludes halogenated alkanes) is 21. The van der Waals surface area contributed by atoms with E-state index in [1.165, 1.54) is 103 Å². The fourth-order valence-corrected chi connectivity index (χ4v) is 8.25. The minimum Gasteiger partial charge on any atom is -0.462 e. The first kappa shape index (κ1) is 71.5. The molecule has 0 spiro atoms. The summed E-state index contributed by atoms with van der Waals surface area (Å²) in [6.07, 6.45) is 99.4. The zero-order valence-electron chi connectivity index (χ0n) is 49.0. The summed E-state index contributed by atoms with van der Waals surface area (Å²) in [5.41, 5.74) is 0. The highest BCUT2D eigenvalue weighted by atomic mass is 16.6. The Morgan fingerprint density at radius 1 is 0.303 bits per heavy atom. The van der Waals surface area contributed by atoms with Crippen molar-refractivity contribution in [3.8, 4) is 0 Å². The zero-order chi connectivity index (χ0) is 54.8. The number of aliphatic hydroxyl groups excluding tert-OH is 1. The van der Waals surface area contributed by atoms with Crippen LogP contribution in [0.1, 0.15) is 258 Å². The molecule has 0 aliphatic carbocycles. The molecule has 428 valence electrons. The van der Waals surface area contributed by atoms with Gasteiger partial charge in [0.25, 0.3) is 0 Å². The molecule has 0 radical (unpaired) electrons. The van der Waals surface area contributed by atoms with Gasteiger partial charge in [0.15, 0.2) is 6.10 Å². The Morgan fingerprint density at radius 3 is 0.789 bits per heavy atom. The normalized spacial score (nSPS) is 13.4. The molecule has 0 rings (SSSR count). The Bertz CT molecular complexity index is 1660. The second kappa shape index (κ2) is 64.8. The van der Waals surface area contributed by atoms with Gasteiger partial charge in [0.05, 0.1) is 6.61 Å². The molecular weight excluding hydrogens is 933 g/mol. The summed E-state index contributed by atoms with van der Waals surface area (Å²) < 4.78 is 10.7. The predicted molar refractivity (Wildman–Crippen MR) is 334 cm³/mol. The van der Waals surface area contributed by atoms with E-state index < -0.39 is 6.10 Å². The van der Waals surface area contributed by atoms with Crippen LogP contribution in [0.3, 0.4) is 0 Å². The third-order valence-electron chi connectivity index (χ3n) is 12.8. The van der Waals surface area contributed by atoms with Gasteiger partial charge in [-0.1, -0.05) is 281 Å². The number of carbonyl (C=O) groups excluding carboxylic acids is 2. The highest BCUT2D eigenvalue weighted by Gasteiger charge is 2.16. The van der Waals surface area contributed by atoms with Crippen molar-refractivity contribution in [3.05, 3.63) is 158 Å². The molecule has 0 saturated heterocycles. The molecule has 0 aromatic rings. The summed E-state index contributed by atoms with van der Waals surface area (Å²) >= 11 is 0. The van der Waals surface area contributed by atoms with Crippen LogP contribution in [0.15, 0.2) is 158 Å². The number of aliphatic hydroxyl groups is 1. The predicted octanol–water partition coefficient (Wildman–Crippen LogP) is 21.5. The molecule has 1 N–H and O–H groups in total. The highest BCUT2D eigenvalue weighted by molar-refractivity contribution is 5.70. The van der Waals surface area contributed by atoms with E-state index in [0.717, 1.165) is 128 Å². The quantitative estimate of drug-likeness (QED) is 0.0373. The third-order valence-corrected chi connectivity index (χ3v) is 12.8. The Labute approximate surface area is 469 Å². The Morgan fingerprint density at radius 2 is 0.526 bits per heavy atom. The van der Waals surface area contributed by atoms with Crippen LogP contribution < -0.4 is 0 Å². The van der Waals surface area contributed by atoms with E-state index in [2.05, 4.69) is 172 Å². The lowest BCUT2D eigenvalue weighted by atomic mass is 10.0. The number of rotatable bonds is 55. The van der Waals surface area contributed by atoms with Crippen LogP contribution in [0, 0.1) is 0 Å². The number of ether oxygens (including phenoxy) is 2. The molecule has 0 saturated carbocycles. The van der Waals surface area contributed by atoms with E-state index in [1.807, 2.05) is 0 Å². The summed E-state index contributed by atoms with van der Waals surface area (Å²) in [6, 6.07) is 0. The molecule has 5 heteroatoms. The van der Waals surface area contributed by atoms with E-state index in [4.69, 9.17) is 9.47 Å². The van der Waals surface area contributed by atoms with Crippen LogP contribution in [0.5, 0.6) is 0 Å². The fraction of sp³-hybridized carbons (Fsp3) is 0.606. The van der Waals surface area contributed by atoms with Gasteiger partial charge >= 0.3 is 11.9 Å². The van der Waals surface area contributed by atoms with Crippen molar-refractivity contribution in [2.75, 3.05) is 13.2 Å². The summed E-state index contributed by atoms with van der Waals surface area (Å²) in [5, 5.41) is 9.68. The van der Waals surface area contributed by atoms with Gasteiger partial charge in [-0.3, -0.25) is 9.59 Å². The molecule has 1 unspecified atom stereocenters. The maximum atomic E-state index is 12.3. The van der Waals surface area contributed by atoms with Gasteiger partial charge in [-0.25, -0.2) is 0 Å². The van der Waals surface area contributed by atoms with Crippen LogP contribution in [0.2, 0.25) is 0 Å². The second-order valence-electron chi connectivity index (χ2n) is 20.0. The molecule has 0 heterocycles. The number of hydrogen-bond donors (Lipinski definition) is 1. The van der Waals surface area contributed by atoms with Crippen LogP contribution in [0.25, 0.3) is 0 Å². The number of esters is 2. The van der Waals surface area contributed by atoms with E-state index in [-0.39, 0.29) is 25.2 Å². The molecule has 0 aromatic carbocycles. The zero-order valence-corrected chi connectivity index (χ0v) is 49.0.